The summed E-state index contributed by atoms with van der Waals surface area (Å²) in [7, 11) is 0. The van der Waals surface area contributed by atoms with E-state index in [-0.39, 0.29) is 21.9 Å². The van der Waals surface area contributed by atoms with Gasteiger partial charge in [-0.15, -0.1) is 0 Å². The van der Waals surface area contributed by atoms with Crippen LogP contribution in [0.3, 0.4) is 0 Å². The number of ether oxygens (including phenoxy) is 1. The molecule has 0 saturated carbocycles. The Morgan fingerprint density at radius 1 is 1.00 bits per heavy atom. The van der Waals surface area contributed by atoms with Crippen molar-refractivity contribution in [3.63, 3.8) is 0 Å². The van der Waals surface area contributed by atoms with Gasteiger partial charge < -0.3 is 4.74 Å². The largest absolute Gasteiger partial charge is 0.456 e. The molecule has 2 aliphatic rings. The summed E-state index contributed by atoms with van der Waals surface area (Å²) in [6.07, 6.45) is 0.00728. The second-order valence-corrected chi connectivity index (χ2v) is 7.86. The summed E-state index contributed by atoms with van der Waals surface area (Å²) in [5.74, 6) is 0.932. The first-order chi connectivity index (χ1) is 13.7. The maximum Gasteiger partial charge on any atom is 0.416 e. The van der Waals surface area contributed by atoms with Crippen LogP contribution in [-0.2, 0) is 23.8 Å². The average molecular weight is 444 g/mol. The van der Waals surface area contributed by atoms with Crippen molar-refractivity contribution in [1.29, 1.82) is 0 Å². The highest BCUT2D eigenvalue weighted by Crippen LogP contribution is 2.37. The highest BCUT2D eigenvalue weighted by atomic mass is 35.5. The van der Waals surface area contributed by atoms with Crippen LogP contribution >= 0.6 is 23.4 Å². The first-order valence-electron chi connectivity index (χ1n) is 8.85. The molecule has 154 valence electrons. The third kappa shape index (κ3) is 5.90. The lowest BCUT2D eigenvalue weighted by atomic mass is 9.92. The first kappa shape index (κ1) is 21.5. The molecule has 1 fully saturated rings. The molecule has 1 heterocycles. The molecule has 9 heteroatoms. The summed E-state index contributed by atoms with van der Waals surface area (Å²) in [5.41, 5.74) is 1.78. The molecule has 1 aliphatic carbocycles. The number of alkyl halides is 3. The van der Waals surface area contributed by atoms with Crippen molar-refractivity contribution >= 4 is 34.5 Å². The predicted octanol–water partition coefficient (Wildman–Crippen LogP) is 6.00. The summed E-state index contributed by atoms with van der Waals surface area (Å²) in [6.45, 7) is 0. The van der Waals surface area contributed by atoms with E-state index in [4.69, 9.17) is 16.3 Å². The minimum Gasteiger partial charge on any atom is -0.456 e. The van der Waals surface area contributed by atoms with Gasteiger partial charge in [-0.1, -0.05) is 29.4 Å². The van der Waals surface area contributed by atoms with Gasteiger partial charge in [0, 0.05) is 0 Å². The van der Waals surface area contributed by atoms with Gasteiger partial charge in [0.15, 0.2) is 0 Å². The monoisotopic (exact) mass is 443 g/mol. The maximum atomic E-state index is 12.6. The minimum absolute atomic E-state index is 0.0486. The van der Waals surface area contributed by atoms with Crippen molar-refractivity contribution in [3.05, 3.63) is 58.1 Å². The summed E-state index contributed by atoms with van der Waals surface area (Å²) in [6, 6.07) is 8.90. The average Bonchev–Trinajstić information content (AvgIpc) is 3.06. The van der Waals surface area contributed by atoms with E-state index in [0.29, 0.717) is 11.5 Å². The first-order valence-corrected chi connectivity index (χ1v) is 10.2. The number of fused-ring (bicyclic) bond motifs is 1. The molecular formula is C20H17ClF3NO3S. The SMILES string of the molecule is FC(F)(F)c1ccc(Oc2ccc3c(c2)CCCC3)c(Cl)c1.O=C1CSC(=O)N1. The quantitative estimate of drug-likeness (QED) is 0.618. The number of rotatable bonds is 2. The highest BCUT2D eigenvalue weighted by Gasteiger charge is 2.31. The van der Waals surface area contributed by atoms with Crippen molar-refractivity contribution in [2.24, 2.45) is 0 Å². The van der Waals surface area contributed by atoms with Crippen LogP contribution in [0.4, 0.5) is 18.0 Å². The number of benzene rings is 2. The molecule has 2 aromatic carbocycles. The second kappa shape index (κ2) is 9.09. The van der Waals surface area contributed by atoms with Gasteiger partial charge in [-0.3, -0.25) is 14.9 Å². The highest BCUT2D eigenvalue weighted by molar-refractivity contribution is 8.14. The fourth-order valence-corrected chi connectivity index (χ4v) is 3.72. The molecule has 1 aliphatic heterocycles. The molecule has 0 atom stereocenters. The summed E-state index contributed by atoms with van der Waals surface area (Å²) < 4.78 is 43.5. The lowest BCUT2D eigenvalue weighted by Gasteiger charge is -2.17. The molecule has 4 rings (SSSR count). The Hall–Kier alpha value is -2.19. The Morgan fingerprint density at radius 2 is 1.72 bits per heavy atom. The standard InChI is InChI=1S/C17H14ClF3O.C3H3NO2S/c18-15-10-13(17(19,20)21)6-8-16(15)22-14-7-5-11-3-1-2-4-12(11)9-14;5-2-1-7-3(6)4-2/h5-10H,1-4H2;1H2,(H,4,5,6). The second-order valence-electron chi connectivity index (χ2n) is 6.51. The van der Waals surface area contributed by atoms with Gasteiger partial charge in [-0.05, 0) is 67.1 Å². The molecule has 0 unspecified atom stereocenters. The fourth-order valence-electron chi connectivity index (χ4n) is 2.98. The van der Waals surface area contributed by atoms with Crippen LogP contribution in [0.1, 0.15) is 29.5 Å². The van der Waals surface area contributed by atoms with Crippen molar-refractivity contribution in [3.8, 4) is 11.5 Å². The molecule has 29 heavy (non-hydrogen) atoms. The van der Waals surface area contributed by atoms with Crippen molar-refractivity contribution in [1.82, 2.24) is 5.32 Å². The van der Waals surface area contributed by atoms with Gasteiger partial charge in [0.1, 0.15) is 11.5 Å². The molecule has 1 N–H and O–H groups in total. The number of nitrogens with one attached hydrogen (secondary N) is 1. The Morgan fingerprint density at radius 3 is 2.28 bits per heavy atom. The van der Waals surface area contributed by atoms with Crippen LogP contribution in [0.2, 0.25) is 5.02 Å². The van der Waals surface area contributed by atoms with Gasteiger partial charge in [-0.2, -0.15) is 13.2 Å². The Bertz CT molecular complexity index is 920. The van der Waals surface area contributed by atoms with Gasteiger partial charge in [0.2, 0.25) is 5.91 Å². The van der Waals surface area contributed by atoms with Crippen molar-refractivity contribution < 1.29 is 27.5 Å². The molecule has 0 bridgehead atoms. The van der Waals surface area contributed by atoms with Crippen molar-refractivity contribution in [2.75, 3.05) is 5.75 Å². The van der Waals surface area contributed by atoms with E-state index in [1.165, 1.54) is 23.6 Å². The molecule has 1 saturated heterocycles. The van der Waals surface area contributed by atoms with Crippen LogP contribution < -0.4 is 10.1 Å². The summed E-state index contributed by atoms with van der Waals surface area (Å²) >= 11 is 6.91. The lowest BCUT2D eigenvalue weighted by Crippen LogP contribution is -2.18. The number of carbonyl (C=O) groups is 2. The molecule has 0 spiro atoms. The molecule has 2 amide bonds. The van der Waals surface area contributed by atoms with E-state index in [1.807, 2.05) is 18.2 Å². The smallest absolute Gasteiger partial charge is 0.416 e. The lowest BCUT2D eigenvalue weighted by molar-refractivity contribution is -0.137. The van der Waals surface area contributed by atoms with Crippen LogP contribution in [-0.4, -0.2) is 16.9 Å². The molecule has 0 radical (unpaired) electrons. The zero-order valence-corrected chi connectivity index (χ0v) is 16.7. The normalized spacial score (nSPS) is 15.9. The molecule has 2 aromatic rings. The summed E-state index contributed by atoms with van der Waals surface area (Å²) in [4.78, 5) is 20.2. The molecule has 0 aromatic heterocycles. The number of aryl methyl sites for hydroxylation is 2. The molecule has 4 nitrogen and oxygen atoms in total. The van der Waals surface area contributed by atoms with E-state index < -0.39 is 11.7 Å². The van der Waals surface area contributed by atoms with E-state index in [9.17, 15) is 22.8 Å². The Kier molecular flexibility index (Phi) is 6.74. The number of thioether (sulfide) groups is 1. The van der Waals surface area contributed by atoms with E-state index in [2.05, 4.69) is 5.32 Å². The Labute approximate surface area is 174 Å². The summed E-state index contributed by atoms with van der Waals surface area (Å²) in [5, 5.41) is 1.82. The number of imide groups is 1. The zero-order valence-electron chi connectivity index (χ0n) is 15.1. The topological polar surface area (TPSA) is 55.4 Å². The number of halogens is 4. The van der Waals surface area contributed by atoms with Gasteiger partial charge in [0.05, 0.1) is 16.3 Å². The van der Waals surface area contributed by atoms with Crippen molar-refractivity contribution in [2.45, 2.75) is 31.9 Å². The van der Waals surface area contributed by atoms with Crippen LogP contribution in [0.25, 0.3) is 0 Å². The third-order valence-electron chi connectivity index (χ3n) is 4.38. The van der Waals surface area contributed by atoms with Crippen LogP contribution in [0.15, 0.2) is 36.4 Å². The number of carbonyl (C=O) groups excluding carboxylic acids is 2. The van der Waals surface area contributed by atoms with Crippen LogP contribution in [0, 0.1) is 0 Å². The Balaban J connectivity index is 0.000000290. The molecular weight excluding hydrogens is 427 g/mol. The minimum atomic E-state index is -4.41. The fraction of sp³-hybridized carbons (Fsp3) is 0.300. The zero-order chi connectivity index (χ0) is 21.0. The van der Waals surface area contributed by atoms with Gasteiger partial charge in [0.25, 0.3) is 5.24 Å². The van der Waals surface area contributed by atoms with E-state index in [0.717, 1.165) is 43.2 Å². The predicted molar refractivity (Wildman–Crippen MR) is 106 cm³/mol. The number of hydrogen-bond donors (Lipinski definition) is 1. The number of hydrogen-bond acceptors (Lipinski definition) is 4. The third-order valence-corrected chi connectivity index (χ3v) is 5.45. The van der Waals surface area contributed by atoms with E-state index in [1.54, 1.807) is 0 Å². The van der Waals surface area contributed by atoms with Crippen LogP contribution in [0.5, 0.6) is 11.5 Å². The maximum absolute atomic E-state index is 12.6. The number of amides is 2. The van der Waals surface area contributed by atoms with Gasteiger partial charge >= 0.3 is 6.18 Å². The van der Waals surface area contributed by atoms with E-state index >= 15 is 0 Å². The van der Waals surface area contributed by atoms with Gasteiger partial charge in [-0.25, -0.2) is 0 Å².